The Hall–Kier alpha value is -4.31. The van der Waals surface area contributed by atoms with Crippen molar-refractivity contribution in [1.29, 1.82) is 0 Å². The lowest BCUT2D eigenvalue weighted by molar-refractivity contribution is 0.0732. The highest BCUT2D eigenvalue weighted by atomic mass is 79.9. The summed E-state index contributed by atoms with van der Waals surface area (Å²) in [5.74, 6) is -0.299. The third-order valence-electron chi connectivity index (χ3n) is 5.45. The molecule has 3 aromatic carbocycles. The Morgan fingerprint density at radius 2 is 1.62 bits per heavy atom. The second-order valence-electron chi connectivity index (χ2n) is 7.71. The first-order chi connectivity index (χ1) is 17.9. The summed E-state index contributed by atoms with van der Waals surface area (Å²) < 4.78 is 27.1. The van der Waals surface area contributed by atoms with Gasteiger partial charge in [-0.3, -0.25) is 4.79 Å². The molecule has 190 valence electrons. The first-order valence-corrected chi connectivity index (χ1v) is 11.8. The molecule has 0 fully saturated rings. The molecule has 0 bridgehead atoms. The van der Waals surface area contributed by atoms with Crippen LogP contribution in [0.5, 0.6) is 23.0 Å². The number of carbonyl (C=O) groups is 2. The van der Waals surface area contributed by atoms with Crippen LogP contribution in [0.25, 0.3) is 11.0 Å². The van der Waals surface area contributed by atoms with E-state index in [-0.39, 0.29) is 40.5 Å². The molecule has 9 nitrogen and oxygen atoms in total. The van der Waals surface area contributed by atoms with Crippen molar-refractivity contribution in [3.8, 4) is 23.0 Å². The summed E-state index contributed by atoms with van der Waals surface area (Å²) >= 11 is 3.35. The smallest absolute Gasteiger partial charge is 0.349 e. The molecule has 0 radical (unpaired) electrons. The Kier molecular flexibility index (Phi) is 7.78. The number of fused-ring (bicyclic) bond motifs is 1. The number of ether oxygens (including phenoxy) is 4. The lowest BCUT2D eigenvalue weighted by Crippen LogP contribution is -2.27. The van der Waals surface area contributed by atoms with Gasteiger partial charge in [-0.15, -0.1) is 0 Å². The minimum absolute atomic E-state index is 0.126. The fraction of sp³-hybridized carbons (Fsp3) is 0.148. The van der Waals surface area contributed by atoms with Crippen molar-refractivity contribution in [3.63, 3.8) is 0 Å². The quantitative estimate of drug-likeness (QED) is 0.185. The molecule has 0 aliphatic rings. The predicted molar refractivity (Wildman–Crippen MR) is 139 cm³/mol. The summed E-state index contributed by atoms with van der Waals surface area (Å²) in [5.41, 5.74) is 0.231. The number of halogens is 1. The van der Waals surface area contributed by atoms with E-state index in [4.69, 9.17) is 23.4 Å². The fourth-order valence-corrected chi connectivity index (χ4v) is 4.24. The monoisotopic (exact) mass is 567 g/mol. The van der Waals surface area contributed by atoms with E-state index in [2.05, 4.69) is 21.2 Å². The normalized spacial score (nSPS) is 10.6. The maximum Gasteiger partial charge on any atom is 0.349 e. The second kappa shape index (κ2) is 11.2. The zero-order valence-electron chi connectivity index (χ0n) is 20.1. The lowest BCUT2D eigenvalue weighted by Gasteiger charge is -2.16. The van der Waals surface area contributed by atoms with Crippen molar-refractivity contribution >= 4 is 38.8 Å². The second-order valence-corrected chi connectivity index (χ2v) is 8.50. The van der Waals surface area contributed by atoms with Gasteiger partial charge in [0.25, 0.3) is 5.91 Å². The molecule has 0 saturated carbocycles. The van der Waals surface area contributed by atoms with Crippen LogP contribution in [0.15, 0.2) is 74.3 Å². The van der Waals surface area contributed by atoms with E-state index in [1.165, 1.54) is 45.6 Å². The zero-order chi connectivity index (χ0) is 26.5. The molecule has 0 unspecified atom stereocenters. The van der Waals surface area contributed by atoms with Gasteiger partial charge in [0, 0.05) is 18.0 Å². The molecule has 4 aromatic rings. The van der Waals surface area contributed by atoms with Crippen LogP contribution in [0.3, 0.4) is 0 Å². The Morgan fingerprint density at radius 3 is 2.30 bits per heavy atom. The summed E-state index contributed by atoms with van der Waals surface area (Å²) in [6, 6.07) is 16.7. The summed E-state index contributed by atoms with van der Waals surface area (Å²) in [6.07, 6.45) is 0. The van der Waals surface area contributed by atoms with Crippen LogP contribution in [0.4, 0.5) is 0 Å². The van der Waals surface area contributed by atoms with Gasteiger partial charge in [0.1, 0.15) is 16.9 Å². The first kappa shape index (κ1) is 25.8. The molecule has 0 saturated heterocycles. The van der Waals surface area contributed by atoms with Gasteiger partial charge in [0.2, 0.25) is 5.75 Å². The van der Waals surface area contributed by atoms with Gasteiger partial charge in [-0.2, -0.15) is 0 Å². The van der Waals surface area contributed by atoms with E-state index in [9.17, 15) is 14.4 Å². The third kappa shape index (κ3) is 5.44. The SMILES string of the molecule is COc1cc(C(=O)Oc2ccc3cc(C(=O)NCc4ccccc4)c(=O)oc3c2)c(Br)c(OC)c1OC. The Morgan fingerprint density at radius 1 is 0.892 bits per heavy atom. The number of carbonyl (C=O) groups excluding carboxylic acids is 2. The van der Waals surface area contributed by atoms with Crippen LogP contribution in [0.1, 0.15) is 26.3 Å². The minimum Gasteiger partial charge on any atom is -0.493 e. The van der Waals surface area contributed by atoms with Crippen LogP contribution in [0.2, 0.25) is 0 Å². The number of esters is 1. The van der Waals surface area contributed by atoms with Crippen molar-refractivity contribution in [2.24, 2.45) is 0 Å². The van der Waals surface area contributed by atoms with Crippen molar-refractivity contribution in [3.05, 3.63) is 92.2 Å². The molecule has 1 aromatic heterocycles. The van der Waals surface area contributed by atoms with Crippen LogP contribution in [0, 0.1) is 0 Å². The van der Waals surface area contributed by atoms with E-state index in [0.717, 1.165) is 5.56 Å². The van der Waals surface area contributed by atoms with E-state index >= 15 is 0 Å². The maximum absolute atomic E-state index is 13.0. The van der Waals surface area contributed by atoms with Crippen molar-refractivity contribution < 1.29 is 33.0 Å². The highest BCUT2D eigenvalue weighted by Gasteiger charge is 2.24. The average molecular weight is 568 g/mol. The summed E-state index contributed by atoms with van der Waals surface area (Å²) in [4.78, 5) is 38.0. The predicted octanol–water partition coefficient (Wildman–Crippen LogP) is 4.73. The third-order valence-corrected chi connectivity index (χ3v) is 6.24. The molecule has 1 heterocycles. The highest BCUT2D eigenvalue weighted by Crippen LogP contribution is 2.45. The molecule has 10 heteroatoms. The topological polar surface area (TPSA) is 113 Å². The molecule has 0 aliphatic heterocycles. The summed E-state index contributed by atoms with van der Waals surface area (Å²) in [5, 5.41) is 3.19. The Bertz CT molecular complexity index is 1530. The summed E-state index contributed by atoms with van der Waals surface area (Å²) in [7, 11) is 4.31. The molecule has 1 N–H and O–H groups in total. The van der Waals surface area contributed by atoms with Gasteiger partial charge in [0.05, 0.1) is 31.4 Å². The molecule has 4 rings (SSSR count). The van der Waals surface area contributed by atoms with E-state index < -0.39 is 17.5 Å². The van der Waals surface area contributed by atoms with Gasteiger partial charge in [-0.05, 0) is 45.8 Å². The number of hydrogen-bond donors (Lipinski definition) is 1. The number of amides is 1. The van der Waals surface area contributed by atoms with Gasteiger partial charge in [-0.1, -0.05) is 30.3 Å². The Balaban J connectivity index is 1.57. The average Bonchev–Trinajstić information content (AvgIpc) is 2.91. The number of rotatable bonds is 8. The fourth-order valence-electron chi connectivity index (χ4n) is 3.62. The number of benzene rings is 3. The molecular formula is C27H22BrNO8. The summed E-state index contributed by atoms with van der Waals surface area (Å²) in [6.45, 7) is 0.266. The van der Waals surface area contributed by atoms with Crippen LogP contribution in [-0.4, -0.2) is 33.2 Å². The van der Waals surface area contributed by atoms with E-state index in [1.807, 2.05) is 30.3 Å². The van der Waals surface area contributed by atoms with Crippen molar-refractivity contribution in [2.45, 2.75) is 6.54 Å². The molecule has 1 amide bonds. The molecule has 0 aliphatic carbocycles. The van der Waals surface area contributed by atoms with Crippen LogP contribution < -0.4 is 29.9 Å². The van der Waals surface area contributed by atoms with Gasteiger partial charge < -0.3 is 28.7 Å². The van der Waals surface area contributed by atoms with Crippen LogP contribution >= 0.6 is 15.9 Å². The molecular weight excluding hydrogens is 546 g/mol. The van der Waals surface area contributed by atoms with Gasteiger partial charge >= 0.3 is 11.6 Å². The number of methoxy groups -OCH3 is 3. The Labute approximate surface area is 220 Å². The molecule has 0 spiro atoms. The zero-order valence-corrected chi connectivity index (χ0v) is 21.7. The van der Waals surface area contributed by atoms with Gasteiger partial charge in [-0.25, -0.2) is 9.59 Å². The number of nitrogens with one attached hydrogen (secondary N) is 1. The first-order valence-electron chi connectivity index (χ1n) is 11.0. The maximum atomic E-state index is 13.0. The van der Waals surface area contributed by atoms with Crippen LogP contribution in [-0.2, 0) is 6.54 Å². The van der Waals surface area contributed by atoms with Crippen molar-refractivity contribution in [2.75, 3.05) is 21.3 Å². The largest absolute Gasteiger partial charge is 0.493 e. The van der Waals surface area contributed by atoms with E-state index in [1.54, 1.807) is 6.07 Å². The lowest BCUT2D eigenvalue weighted by atomic mass is 10.1. The van der Waals surface area contributed by atoms with E-state index in [0.29, 0.717) is 15.6 Å². The molecule has 37 heavy (non-hydrogen) atoms. The van der Waals surface area contributed by atoms with Gasteiger partial charge in [0.15, 0.2) is 11.5 Å². The van der Waals surface area contributed by atoms with Crippen molar-refractivity contribution in [1.82, 2.24) is 5.32 Å². The standard InChI is InChI=1S/C27H22BrNO8/c1-33-21-13-18(22(28)24(35-3)23(21)34-2)26(31)36-17-10-9-16-11-19(27(32)37-20(16)12-17)25(30)29-14-15-7-5-4-6-8-15/h4-13H,14H2,1-3H3,(H,29,30). The molecule has 0 atom stereocenters. The minimum atomic E-state index is -0.811. The highest BCUT2D eigenvalue weighted by molar-refractivity contribution is 9.10. The number of hydrogen-bond acceptors (Lipinski definition) is 8.